The van der Waals surface area contributed by atoms with Crippen molar-refractivity contribution in [3.05, 3.63) is 102 Å². The number of hydrogen-bond acceptors (Lipinski definition) is 8. The Kier molecular flexibility index (Phi) is 7.07. The van der Waals surface area contributed by atoms with Gasteiger partial charge < -0.3 is 4.90 Å². The summed E-state index contributed by atoms with van der Waals surface area (Å²) >= 11 is 0. The van der Waals surface area contributed by atoms with Crippen LogP contribution in [0.5, 0.6) is 0 Å². The average Bonchev–Trinajstić information content (AvgIpc) is 3.85. The lowest BCUT2D eigenvalue weighted by atomic mass is 10.0. The van der Waals surface area contributed by atoms with Crippen LogP contribution in [0.2, 0.25) is 0 Å². The number of halogens is 2. The summed E-state index contributed by atoms with van der Waals surface area (Å²) in [5, 5.41) is 25.8. The molecule has 0 unspecified atom stereocenters. The molecule has 6 aromatic rings. The van der Waals surface area contributed by atoms with Gasteiger partial charge in [-0.1, -0.05) is 30.3 Å². The molecule has 218 valence electrons. The Labute approximate surface area is 251 Å². The zero-order valence-corrected chi connectivity index (χ0v) is 23.6. The lowest BCUT2D eigenvalue weighted by molar-refractivity contribution is 0.0307. The van der Waals surface area contributed by atoms with Crippen LogP contribution in [0.4, 0.5) is 8.78 Å². The van der Waals surface area contributed by atoms with Crippen LogP contribution in [0.25, 0.3) is 39.4 Å². The van der Waals surface area contributed by atoms with Crippen LogP contribution in [-0.2, 0) is 12.5 Å². The average molecular weight is 589 g/mol. The van der Waals surface area contributed by atoms with Gasteiger partial charge >= 0.3 is 5.92 Å². The first-order valence-electron chi connectivity index (χ1n) is 14.3. The number of aromatic nitrogens is 8. The predicted octanol–water partition coefficient (Wildman–Crippen LogP) is 5.22. The van der Waals surface area contributed by atoms with E-state index in [1.165, 1.54) is 31.0 Å². The van der Waals surface area contributed by atoms with E-state index in [9.17, 15) is 5.26 Å². The van der Waals surface area contributed by atoms with Crippen molar-refractivity contribution < 1.29 is 8.78 Å². The Bertz CT molecular complexity index is 1980. The van der Waals surface area contributed by atoms with Crippen LogP contribution in [0.3, 0.4) is 0 Å². The third kappa shape index (κ3) is 5.29. The van der Waals surface area contributed by atoms with Crippen molar-refractivity contribution in [1.82, 2.24) is 44.5 Å². The van der Waals surface area contributed by atoms with Gasteiger partial charge in [0.1, 0.15) is 0 Å². The van der Waals surface area contributed by atoms with Gasteiger partial charge in [0, 0.05) is 53.0 Å². The zero-order valence-electron chi connectivity index (χ0n) is 23.6. The Morgan fingerprint density at radius 2 is 1.61 bits per heavy atom. The molecule has 0 aliphatic carbocycles. The summed E-state index contributed by atoms with van der Waals surface area (Å²) in [6, 6.07) is 18.0. The molecule has 0 N–H and O–H groups in total. The largest absolute Gasteiger partial charge is 0.333 e. The molecule has 0 spiro atoms. The van der Waals surface area contributed by atoms with E-state index in [4.69, 9.17) is 0 Å². The summed E-state index contributed by atoms with van der Waals surface area (Å²) in [4.78, 5) is 11.4. The minimum Gasteiger partial charge on any atom is -0.301 e. The maximum absolute atomic E-state index is 16.0. The van der Waals surface area contributed by atoms with E-state index >= 15 is 8.78 Å². The van der Waals surface area contributed by atoms with Gasteiger partial charge in [-0.25, -0.2) is 9.97 Å². The van der Waals surface area contributed by atoms with Crippen molar-refractivity contribution >= 4 is 5.65 Å². The number of benzene rings is 2. The van der Waals surface area contributed by atoms with Gasteiger partial charge in [0.25, 0.3) is 0 Å². The standard InChI is InChI=1S/C32H26F2N10/c33-32(34,31-40-39-29-10-9-28(41-44(29)31)23-6-3-5-22(15-23)17-35)27-8-4-7-24(16-27)30-36-18-25(19-37-30)26-20-38-43(21-26)14-13-42-11-1-2-12-42/h3-10,15-16,18-21H,1-2,11-14H2. The van der Waals surface area contributed by atoms with Crippen LogP contribution in [-0.4, -0.2) is 64.1 Å². The SMILES string of the molecule is N#Cc1cccc(-c2ccc3nnc(C(F)(F)c4cccc(-c5ncc(-c6cnn(CCN7CCCC7)c6)cn5)c4)n3n2)c1. The first-order valence-corrected chi connectivity index (χ1v) is 14.3. The van der Waals surface area contributed by atoms with Crippen LogP contribution in [0.1, 0.15) is 29.8 Å². The third-order valence-electron chi connectivity index (χ3n) is 7.78. The normalized spacial score (nSPS) is 13.8. The van der Waals surface area contributed by atoms with Crippen molar-refractivity contribution in [3.8, 4) is 39.8 Å². The second-order valence-electron chi connectivity index (χ2n) is 10.7. The molecule has 1 saturated heterocycles. The Balaban J connectivity index is 1.13. The van der Waals surface area contributed by atoms with Gasteiger partial charge in [0.05, 0.1) is 30.1 Å². The van der Waals surface area contributed by atoms with Crippen LogP contribution in [0.15, 0.2) is 85.5 Å². The lowest BCUT2D eigenvalue weighted by Crippen LogP contribution is -2.24. The molecule has 5 heterocycles. The maximum Gasteiger partial charge on any atom is 0.333 e. The van der Waals surface area contributed by atoms with Crippen molar-refractivity contribution in [2.24, 2.45) is 0 Å². The summed E-state index contributed by atoms with van der Waals surface area (Å²) in [6.07, 6.45) is 9.61. The van der Waals surface area contributed by atoms with Crippen molar-refractivity contribution in [3.63, 3.8) is 0 Å². The number of hydrogen-bond donors (Lipinski definition) is 0. The van der Waals surface area contributed by atoms with Gasteiger partial charge in [-0.2, -0.15) is 28.8 Å². The van der Waals surface area contributed by atoms with E-state index in [0.717, 1.165) is 41.8 Å². The summed E-state index contributed by atoms with van der Waals surface area (Å²) < 4.78 is 34.9. The van der Waals surface area contributed by atoms with E-state index in [2.05, 4.69) is 41.3 Å². The highest BCUT2D eigenvalue weighted by Gasteiger charge is 2.40. The zero-order chi connectivity index (χ0) is 30.1. The summed E-state index contributed by atoms with van der Waals surface area (Å²) in [6.45, 7) is 4.06. The van der Waals surface area contributed by atoms with E-state index in [-0.39, 0.29) is 11.2 Å². The molecule has 0 radical (unpaired) electrons. The third-order valence-corrected chi connectivity index (χ3v) is 7.78. The molecule has 0 atom stereocenters. The molecule has 1 fully saturated rings. The fraction of sp³-hybridized carbons (Fsp3) is 0.219. The van der Waals surface area contributed by atoms with Crippen LogP contribution < -0.4 is 0 Å². The number of rotatable bonds is 8. The van der Waals surface area contributed by atoms with Gasteiger partial charge in [0.2, 0.25) is 5.82 Å². The van der Waals surface area contributed by atoms with Gasteiger partial charge in [-0.05, 0) is 56.3 Å². The molecular weight excluding hydrogens is 562 g/mol. The van der Waals surface area contributed by atoms with Crippen molar-refractivity contribution in [1.29, 1.82) is 5.26 Å². The van der Waals surface area contributed by atoms with Gasteiger partial charge in [-0.3, -0.25) is 4.68 Å². The van der Waals surface area contributed by atoms with Gasteiger partial charge in [-0.15, -0.1) is 10.2 Å². The van der Waals surface area contributed by atoms with Crippen LogP contribution in [0, 0.1) is 11.3 Å². The number of nitrogens with zero attached hydrogens (tertiary/aromatic N) is 10. The number of likely N-dealkylation sites (tertiary alicyclic amines) is 1. The second-order valence-corrected chi connectivity index (χ2v) is 10.7. The van der Waals surface area contributed by atoms with E-state index in [1.807, 2.05) is 10.9 Å². The highest BCUT2D eigenvalue weighted by atomic mass is 19.3. The molecular formula is C32H26F2N10. The summed E-state index contributed by atoms with van der Waals surface area (Å²) in [5.41, 5.74) is 3.46. The number of alkyl halides is 2. The molecule has 2 aromatic carbocycles. The molecule has 10 nitrogen and oxygen atoms in total. The summed E-state index contributed by atoms with van der Waals surface area (Å²) in [5.74, 6) is -3.84. The maximum atomic E-state index is 16.0. The first-order chi connectivity index (χ1) is 21.5. The predicted molar refractivity (Wildman–Crippen MR) is 158 cm³/mol. The number of fused-ring (bicyclic) bond motifs is 1. The monoisotopic (exact) mass is 588 g/mol. The van der Waals surface area contributed by atoms with Gasteiger partial charge in [0.15, 0.2) is 11.5 Å². The van der Waals surface area contributed by atoms with E-state index in [1.54, 1.807) is 61.1 Å². The first kappa shape index (κ1) is 27.4. The molecule has 1 aliphatic rings. The molecule has 0 saturated carbocycles. The lowest BCUT2D eigenvalue weighted by Gasteiger charge is -2.15. The van der Waals surface area contributed by atoms with Crippen molar-refractivity contribution in [2.45, 2.75) is 25.3 Å². The topological polar surface area (TPSA) is 114 Å². The molecule has 44 heavy (non-hydrogen) atoms. The minimum atomic E-state index is -3.53. The summed E-state index contributed by atoms with van der Waals surface area (Å²) in [7, 11) is 0. The Hall–Kier alpha value is -5.41. The molecule has 0 amide bonds. The van der Waals surface area contributed by atoms with E-state index in [0.29, 0.717) is 28.2 Å². The molecule has 0 bridgehead atoms. The quantitative estimate of drug-likeness (QED) is 0.238. The molecule has 4 aromatic heterocycles. The minimum absolute atomic E-state index is 0.175. The molecule has 7 rings (SSSR count). The fourth-order valence-electron chi connectivity index (χ4n) is 5.38. The van der Waals surface area contributed by atoms with E-state index < -0.39 is 11.7 Å². The second kappa shape index (κ2) is 11.3. The highest BCUT2D eigenvalue weighted by Crippen LogP contribution is 2.36. The van der Waals surface area contributed by atoms with Crippen molar-refractivity contribution in [2.75, 3.05) is 19.6 Å². The fourth-order valence-corrected chi connectivity index (χ4v) is 5.38. The van der Waals surface area contributed by atoms with Crippen LogP contribution >= 0.6 is 0 Å². The Morgan fingerprint density at radius 3 is 2.43 bits per heavy atom. The Morgan fingerprint density at radius 1 is 0.818 bits per heavy atom. The molecule has 12 heteroatoms. The number of nitriles is 1. The highest BCUT2D eigenvalue weighted by molar-refractivity contribution is 5.64. The molecule has 1 aliphatic heterocycles. The smallest absolute Gasteiger partial charge is 0.301 e.